The van der Waals surface area contributed by atoms with E-state index in [2.05, 4.69) is 15.0 Å². The van der Waals surface area contributed by atoms with Crippen LogP contribution in [-0.4, -0.2) is 5.97 Å². The minimum atomic E-state index is -2.45. The quantitative estimate of drug-likeness (QED) is 0.470. The molecule has 1 unspecified atom stereocenters. The van der Waals surface area contributed by atoms with Gasteiger partial charge in [0.05, 0.1) is 0 Å². The first-order chi connectivity index (χ1) is 4.20. The van der Waals surface area contributed by atoms with E-state index in [0.29, 0.717) is 0 Å². The molecular formula is C3H7NO4P+. The first kappa shape index (κ1) is 8.49. The second kappa shape index (κ2) is 4.38. The fraction of sp³-hybridized carbons (Fsp3) is 0.667. The van der Waals surface area contributed by atoms with Gasteiger partial charge in [0.25, 0.3) is 0 Å². The van der Waals surface area contributed by atoms with Crippen LogP contribution in [0.1, 0.15) is 13.3 Å². The molecule has 0 radical (unpaired) electrons. The fourth-order valence-electron chi connectivity index (χ4n) is 0.169. The Morgan fingerprint density at radius 2 is 2.33 bits per heavy atom. The highest BCUT2D eigenvalue weighted by molar-refractivity contribution is 7.33. The molecule has 0 aromatic heterocycles. The van der Waals surface area contributed by atoms with Gasteiger partial charge in [-0.05, 0) is 4.62 Å². The van der Waals surface area contributed by atoms with Gasteiger partial charge in [-0.25, -0.2) is 4.79 Å². The summed E-state index contributed by atoms with van der Waals surface area (Å²) in [5, 5.41) is 0. The lowest BCUT2D eigenvalue weighted by molar-refractivity contribution is -0.134. The zero-order valence-corrected chi connectivity index (χ0v) is 5.76. The molecule has 9 heavy (non-hydrogen) atoms. The number of rotatable bonds is 3. The molecule has 0 aliphatic rings. The van der Waals surface area contributed by atoms with Crippen LogP contribution in [0, 0.1) is 0 Å². The number of carbonyl (C=O) groups excluding carboxylic acids is 1. The predicted molar refractivity (Wildman–Crippen MR) is 29.3 cm³/mol. The molecule has 0 amide bonds. The molecule has 0 saturated carbocycles. The topological polar surface area (TPSA) is 78.6 Å². The molecule has 0 spiro atoms. The van der Waals surface area contributed by atoms with E-state index >= 15 is 0 Å². The van der Waals surface area contributed by atoms with Gasteiger partial charge in [-0.15, -0.1) is 0 Å². The molecule has 0 aliphatic heterocycles. The summed E-state index contributed by atoms with van der Waals surface area (Å²) in [5.74, 6) is 3.82. The Balaban J connectivity index is 3.47. The summed E-state index contributed by atoms with van der Waals surface area (Å²) in [6.45, 7) is 1.57. The van der Waals surface area contributed by atoms with Crippen LogP contribution in [-0.2, 0) is 18.5 Å². The largest absolute Gasteiger partial charge is 0.772 e. The number of hydrogen-bond donors (Lipinski definition) is 1. The molecule has 0 fully saturated rings. The summed E-state index contributed by atoms with van der Waals surface area (Å²) in [7, 11) is -2.45. The van der Waals surface area contributed by atoms with Crippen LogP contribution < -0.4 is 5.90 Å². The Morgan fingerprint density at radius 1 is 1.78 bits per heavy atom. The molecule has 5 nitrogen and oxygen atoms in total. The van der Waals surface area contributed by atoms with Crippen molar-refractivity contribution < 1.29 is 18.5 Å². The van der Waals surface area contributed by atoms with Gasteiger partial charge in [-0.2, -0.15) is 10.4 Å². The van der Waals surface area contributed by atoms with Crippen molar-refractivity contribution in [2.45, 2.75) is 13.3 Å². The number of hydrogen-bond acceptors (Lipinski definition) is 5. The van der Waals surface area contributed by atoms with E-state index in [1.165, 1.54) is 0 Å². The van der Waals surface area contributed by atoms with Gasteiger partial charge >= 0.3 is 14.2 Å². The molecule has 52 valence electrons. The minimum Gasteiger partial charge on any atom is -0.247 e. The molecule has 0 aromatic carbocycles. The van der Waals surface area contributed by atoms with Crippen molar-refractivity contribution >= 4 is 14.2 Å². The summed E-state index contributed by atoms with van der Waals surface area (Å²) < 4.78 is 17.9. The van der Waals surface area contributed by atoms with Crippen LogP contribution >= 0.6 is 8.25 Å². The van der Waals surface area contributed by atoms with Crippen LogP contribution in [0.5, 0.6) is 0 Å². The predicted octanol–water partition coefficient (Wildman–Crippen LogP) is 0.487. The molecule has 0 heterocycles. The van der Waals surface area contributed by atoms with Gasteiger partial charge in [0.1, 0.15) is 0 Å². The third-order valence-corrected chi connectivity index (χ3v) is 1.08. The van der Waals surface area contributed by atoms with E-state index in [-0.39, 0.29) is 6.42 Å². The monoisotopic (exact) mass is 152 g/mol. The summed E-state index contributed by atoms with van der Waals surface area (Å²) in [5.41, 5.74) is 0. The third kappa shape index (κ3) is 4.02. The van der Waals surface area contributed by atoms with E-state index in [9.17, 15) is 9.36 Å². The van der Waals surface area contributed by atoms with Crippen molar-refractivity contribution in [3.8, 4) is 0 Å². The van der Waals surface area contributed by atoms with Crippen LogP contribution in [0.15, 0.2) is 0 Å². The SMILES string of the molecule is CCC(=O)O[P+](=O)ON. The lowest BCUT2D eigenvalue weighted by Gasteiger charge is -1.81. The van der Waals surface area contributed by atoms with Gasteiger partial charge in [-0.1, -0.05) is 6.92 Å². The van der Waals surface area contributed by atoms with Crippen LogP contribution in [0.25, 0.3) is 0 Å². The standard InChI is InChI=1S/C3H7NO4P/c1-2-3(5)7-9(6)8-4/h2,4H2,1H3/q+1. The summed E-state index contributed by atoms with van der Waals surface area (Å²) >= 11 is 0. The van der Waals surface area contributed by atoms with E-state index in [4.69, 9.17) is 0 Å². The maximum atomic E-state index is 10.2. The van der Waals surface area contributed by atoms with Gasteiger partial charge in [-0.3, -0.25) is 0 Å². The molecule has 0 aromatic rings. The number of nitrogens with two attached hydrogens (primary N) is 1. The lowest BCUT2D eigenvalue weighted by atomic mass is 10.5. The van der Waals surface area contributed by atoms with Crippen molar-refractivity contribution in [1.29, 1.82) is 0 Å². The van der Waals surface area contributed by atoms with E-state index in [1.54, 1.807) is 6.92 Å². The van der Waals surface area contributed by atoms with Crippen molar-refractivity contribution in [3.63, 3.8) is 0 Å². The molecule has 0 aliphatic carbocycles. The summed E-state index contributed by atoms with van der Waals surface area (Å²) in [6.07, 6.45) is 0.157. The van der Waals surface area contributed by atoms with E-state index in [0.717, 1.165) is 0 Å². The highest BCUT2D eigenvalue weighted by atomic mass is 31.1. The Labute approximate surface area is 53.0 Å². The average molecular weight is 152 g/mol. The number of carbonyl (C=O) groups is 1. The maximum Gasteiger partial charge on any atom is 0.772 e. The maximum absolute atomic E-state index is 10.2. The van der Waals surface area contributed by atoms with Crippen molar-refractivity contribution in [2.75, 3.05) is 0 Å². The smallest absolute Gasteiger partial charge is 0.247 e. The average Bonchev–Trinajstić information content (AvgIpc) is 1.87. The molecule has 6 heteroatoms. The fourth-order valence-corrected chi connectivity index (χ4v) is 0.508. The molecule has 0 saturated heterocycles. The van der Waals surface area contributed by atoms with Crippen molar-refractivity contribution in [2.24, 2.45) is 5.90 Å². The van der Waals surface area contributed by atoms with Crippen LogP contribution in [0.4, 0.5) is 0 Å². The van der Waals surface area contributed by atoms with Gasteiger partial charge in [0, 0.05) is 11.0 Å². The first-order valence-electron chi connectivity index (χ1n) is 2.25. The van der Waals surface area contributed by atoms with Gasteiger partial charge < -0.3 is 0 Å². The minimum absolute atomic E-state index is 0.157. The normalized spacial score (nSPS) is 10.7. The Hall–Kier alpha value is -0.510. The lowest BCUT2D eigenvalue weighted by Crippen LogP contribution is -1.98. The van der Waals surface area contributed by atoms with Gasteiger partial charge in [0.2, 0.25) is 0 Å². The highest BCUT2D eigenvalue weighted by Gasteiger charge is 2.23. The Bertz CT molecular complexity index is 111. The Kier molecular flexibility index (Phi) is 4.13. The Morgan fingerprint density at radius 3 is 2.67 bits per heavy atom. The molecule has 0 bridgehead atoms. The second-order valence-corrected chi connectivity index (χ2v) is 1.99. The molecule has 0 rings (SSSR count). The van der Waals surface area contributed by atoms with Crippen molar-refractivity contribution in [3.05, 3.63) is 0 Å². The zero-order valence-electron chi connectivity index (χ0n) is 4.86. The first-order valence-corrected chi connectivity index (χ1v) is 3.35. The highest BCUT2D eigenvalue weighted by Crippen LogP contribution is 2.20. The summed E-state index contributed by atoms with van der Waals surface area (Å²) in [4.78, 5) is 10.2. The van der Waals surface area contributed by atoms with Crippen LogP contribution in [0.2, 0.25) is 0 Å². The van der Waals surface area contributed by atoms with Crippen molar-refractivity contribution in [1.82, 2.24) is 0 Å². The second-order valence-electron chi connectivity index (χ2n) is 1.15. The zero-order chi connectivity index (χ0) is 7.28. The molecular weight excluding hydrogens is 145 g/mol. The van der Waals surface area contributed by atoms with Crippen LogP contribution in [0.3, 0.4) is 0 Å². The van der Waals surface area contributed by atoms with E-state index in [1.807, 2.05) is 0 Å². The summed E-state index contributed by atoms with van der Waals surface area (Å²) in [6, 6.07) is 0. The molecule has 2 N–H and O–H groups in total. The van der Waals surface area contributed by atoms with E-state index < -0.39 is 14.2 Å². The molecule has 1 atom stereocenters. The van der Waals surface area contributed by atoms with Gasteiger partial charge in [0.15, 0.2) is 0 Å². The third-order valence-electron chi connectivity index (χ3n) is 0.551.